The van der Waals surface area contributed by atoms with Crippen molar-refractivity contribution in [1.82, 2.24) is 5.32 Å². The highest BCUT2D eigenvalue weighted by atomic mass is 32.2. The molecule has 0 fully saturated rings. The average Bonchev–Trinajstić information content (AvgIpc) is 1.64. The van der Waals surface area contributed by atoms with Crippen molar-refractivity contribution in [3.63, 3.8) is 0 Å². The molecule has 0 aromatic heterocycles. The zero-order valence-electron chi connectivity index (χ0n) is 4.59. The van der Waals surface area contributed by atoms with Crippen LogP contribution < -0.4 is 5.32 Å². The second-order valence-corrected chi connectivity index (χ2v) is 2.68. The predicted octanol–water partition coefficient (Wildman–Crippen LogP) is -0.0254. The van der Waals surface area contributed by atoms with Crippen molar-refractivity contribution >= 4 is 16.8 Å². The van der Waals surface area contributed by atoms with E-state index in [1.807, 2.05) is 6.92 Å². The van der Waals surface area contributed by atoms with E-state index < -0.39 is 6.35 Å². The van der Waals surface area contributed by atoms with Crippen molar-refractivity contribution in [3.8, 4) is 0 Å². The van der Waals surface area contributed by atoms with Gasteiger partial charge < -0.3 is 5.11 Å². The van der Waals surface area contributed by atoms with Crippen molar-refractivity contribution in [2.45, 2.75) is 13.3 Å². The third kappa shape index (κ3) is 1.47. The van der Waals surface area contributed by atoms with Gasteiger partial charge in [-0.1, -0.05) is 11.8 Å². The molecule has 1 unspecified atom stereocenters. The molecule has 4 heteroatoms. The van der Waals surface area contributed by atoms with Crippen LogP contribution in [0, 0.1) is 0 Å². The first-order valence-electron chi connectivity index (χ1n) is 2.38. The van der Waals surface area contributed by atoms with E-state index in [0.29, 0.717) is 0 Å². The lowest BCUT2D eigenvalue weighted by atomic mass is 10.8. The van der Waals surface area contributed by atoms with E-state index in [4.69, 9.17) is 5.11 Å². The number of hydrogen-bond donors (Lipinski definition) is 2. The lowest BCUT2D eigenvalue weighted by molar-refractivity contribution is 0.154. The molecule has 46 valence electrons. The molecule has 0 spiro atoms. The molecule has 1 heterocycles. The number of nitrogens with one attached hydrogen (secondary N) is 1. The highest BCUT2D eigenvalue weighted by Gasteiger charge is 2.05. The van der Waals surface area contributed by atoms with E-state index in [1.165, 1.54) is 0 Å². The van der Waals surface area contributed by atoms with E-state index in [2.05, 4.69) is 10.3 Å². The predicted molar refractivity (Wildman–Crippen MR) is 34.7 cm³/mol. The Morgan fingerprint density at radius 1 is 2.00 bits per heavy atom. The molecular formula is C4H8N2OS. The van der Waals surface area contributed by atoms with Gasteiger partial charge in [-0.25, -0.2) is 4.99 Å². The van der Waals surface area contributed by atoms with E-state index in [9.17, 15) is 0 Å². The summed E-state index contributed by atoms with van der Waals surface area (Å²) >= 11 is 1.60. The molecule has 0 aromatic carbocycles. The van der Waals surface area contributed by atoms with Crippen LogP contribution in [0.1, 0.15) is 6.92 Å². The lowest BCUT2D eigenvalue weighted by Crippen LogP contribution is -2.30. The minimum absolute atomic E-state index is 0.670. The molecule has 8 heavy (non-hydrogen) atoms. The fourth-order valence-electron chi connectivity index (χ4n) is 0.476. The largest absolute Gasteiger partial charge is 0.360 e. The smallest absolute Gasteiger partial charge is 0.203 e. The van der Waals surface area contributed by atoms with Crippen LogP contribution in [0.15, 0.2) is 4.99 Å². The first-order valence-corrected chi connectivity index (χ1v) is 3.36. The summed E-state index contributed by atoms with van der Waals surface area (Å²) < 4.78 is 0. The second kappa shape index (κ2) is 2.48. The molecular weight excluding hydrogens is 124 g/mol. The Morgan fingerprint density at radius 2 is 2.75 bits per heavy atom. The van der Waals surface area contributed by atoms with Crippen LogP contribution >= 0.6 is 11.8 Å². The topological polar surface area (TPSA) is 44.6 Å². The Bertz CT molecular complexity index is 115. The summed E-state index contributed by atoms with van der Waals surface area (Å²) in [6.45, 7) is 1.88. The van der Waals surface area contributed by atoms with Gasteiger partial charge in [0, 0.05) is 0 Å². The van der Waals surface area contributed by atoms with Gasteiger partial charge in [-0.2, -0.15) is 0 Å². The first-order chi connectivity index (χ1) is 3.79. The maximum Gasteiger partial charge on any atom is 0.203 e. The molecule has 1 rings (SSSR count). The van der Waals surface area contributed by atoms with Gasteiger partial charge in [0.15, 0.2) is 0 Å². The van der Waals surface area contributed by atoms with Crippen LogP contribution in [-0.4, -0.2) is 22.4 Å². The summed E-state index contributed by atoms with van der Waals surface area (Å²) in [5, 5.41) is 12.5. The number of aliphatic imine (C=N–C) groups is 1. The number of nitrogens with zero attached hydrogens (tertiary/aromatic N) is 1. The number of rotatable bonds is 0. The standard InChI is InChI=1S/C4H8N2OS/c1-3-6-4(7)5-2-8-3/h4-5,7H,2H2,1H3. The molecule has 0 radical (unpaired) electrons. The minimum atomic E-state index is -0.670. The molecule has 0 saturated heterocycles. The first kappa shape index (κ1) is 6.07. The van der Waals surface area contributed by atoms with Crippen molar-refractivity contribution in [2.75, 3.05) is 5.88 Å². The van der Waals surface area contributed by atoms with E-state index >= 15 is 0 Å². The van der Waals surface area contributed by atoms with Gasteiger partial charge in [0.2, 0.25) is 6.35 Å². The Kier molecular flexibility index (Phi) is 1.88. The SMILES string of the molecule is CC1=NC(O)NCS1. The number of aliphatic hydroxyl groups excluding tert-OH is 1. The van der Waals surface area contributed by atoms with E-state index in [0.717, 1.165) is 10.9 Å². The van der Waals surface area contributed by atoms with Gasteiger partial charge in [-0.05, 0) is 6.92 Å². The lowest BCUT2D eigenvalue weighted by Gasteiger charge is -2.13. The Hall–Kier alpha value is -0.0600. The molecule has 0 amide bonds. The highest BCUT2D eigenvalue weighted by molar-refractivity contribution is 8.13. The Morgan fingerprint density at radius 3 is 3.12 bits per heavy atom. The summed E-state index contributed by atoms with van der Waals surface area (Å²) in [6, 6.07) is 0. The van der Waals surface area contributed by atoms with E-state index in [-0.39, 0.29) is 0 Å². The second-order valence-electron chi connectivity index (χ2n) is 1.51. The monoisotopic (exact) mass is 132 g/mol. The summed E-state index contributed by atoms with van der Waals surface area (Å²) in [7, 11) is 0. The van der Waals surface area contributed by atoms with Gasteiger partial charge in [0.25, 0.3) is 0 Å². The van der Waals surface area contributed by atoms with Crippen LogP contribution in [0.5, 0.6) is 0 Å². The summed E-state index contributed by atoms with van der Waals surface area (Å²) in [5.74, 6) is 0.760. The van der Waals surface area contributed by atoms with Gasteiger partial charge >= 0.3 is 0 Å². The molecule has 0 aliphatic carbocycles. The third-order valence-corrected chi connectivity index (χ3v) is 1.69. The molecule has 1 aliphatic rings. The zero-order chi connectivity index (χ0) is 5.98. The summed E-state index contributed by atoms with van der Waals surface area (Å²) in [4.78, 5) is 3.81. The quantitative estimate of drug-likeness (QED) is 0.486. The Labute approximate surface area is 52.2 Å². The average molecular weight is 132 g/mol. The molecule has 2 N–H and O–H groups in total. The fourth-order valence-corrected chi connectivity index (χ4v) is 1.09. The molecule has 1 aliphatic heterocycles. The van der Waals surface area contributed by atoms with Crippen molar-refractivity contribution < 1.29 is 5.11 Å². The number of thioether (sulfide) groups is 1. The van der Waals surface area contributed by atoms with E-state index in [1.54, 1.807) is 11.8 Å². The van der Waals surface area contributed by atoms with Crippen LogP contribution in [0.4, 0.5) is 0 Å². The summed E-state index contributed by atoms with van der Waals surface area (Å²) in [5.41, 5.74) is 0. The molecule has 1 atom stereocenters. The van der Waals surface area contributed by atoms with Gasteiger partial charge in [0.1, 0.15) is 0 Å². The summed E-state index contributed by atoms with van der Waals surface area (Å²) in [6.07, 6.45) is -0.670. The van der Waals surface area contributed by atoms with Crippen molar-refractivity contribution in [3.05, 3.63) is 0 Å². The van der Waals surface area contributed by atoms with Crippen LogP contribution in [0.3, 0.4) is 0 Å². The van der Waals surface area contributed by atoms with Crippen LogP contribution in [-0.2, 0) is 0 Å². The third-order valence-electron chi connectivity index (χ3n) is 0.851. The van der Waals surface area contributed by atoms with Crippen LogP contribution in [0.25, 0.3) is 0 Å². The Balaban J connectivity index is 2.50. The molecule has 0 aromatic rings. The maximum absolute atomic E-state index is 8.77. The van der Waals surface area contributed by atoms with Crippen molar-refractivity contribution in [1.29, 1.82) is 0 Å². The van der Waals surface area contributed by atoms with Crippen LogP contribution in [0.2, 0.25) is 0 Å². The van der Waals surface area contributed by atoms with Gasteiger partial charge in [-0.15, -0.1) is 0 Å². The zero-order valence-corrected chi connectivity index (χ0v) is 5.40. The molecule has 3 nitrogen and oxygen atoms in total. The maximum atomic E-state index is 8.77. The van der Waals surface area contributed by atoms with Gasteiger partial charge in [-0.3, -0.25) is 5.32 Å². The van der Waals surface area contributed by atoms with Gasteiger partial charge in [0.05, 0.1) is 10.9 Å². The minimum Gasteiger partial charge on any atom is -0.360 e. The number of aliphatic hydroxyl groups is 1. The fraction of sp³-hybridized carbons (Fsp3) is 0.750. The van der Waals surface area contributed by atoms with Crippen molar-refractivity contribution in [2.24, 2.45) is 4.99 Å². The normalized spacial score (nSPS) is 29.8. The number of hydrogen-bond acceptors (Lipinski definition) is 4. The highest BCUT2D eigenvalue weighted by Crippen LogP contribution is 2.06. The molecule has 0 saturated carbocycles. The molecule has 0 bridgehead atoms.